The van der Waals surface area contributed by atoms with Gasteiger partial charge in [-0.25, -0.2) is 0 Å². The van der Waals surface area contributed by atoms with E-state index in [1.807, 2.05) is 12.3 Å². The third kappa shape index (κ3) is 2.73. The van der Waals surface area contributed by atoms with Crippen LogP contribution in [0.2, 0.25) is 0 Å². The van der Waals surface area contributed by atoms with Crippen molar-refractivity contribution < 1.29 is 0 Å². The van der Waals surface area contributed by atoms with Crippen molar-refractivity contribution in [2.75, 3.05) is 0 Å². The second-order valence-corrected chi connectivity index (χ2v) is 7.89. The van der Waals surface area contributed by atoms with Crippen LogP contribution in [-0.4, -0.2) is 4.98 Å². The summed E-state index contributed by atoms with van der Waals surface area (Å²) in [7, 11) is 0. The summed E-state index contributed by atoms with van der Waals surface area (Å²) in [6, 6.07) is 26.3. The van der Waals surface area contributed by atoms with Crippen molar-refractivity contribution in [2.24, 2.45) is 0 Å². The van der Waals surface area contributed by atoms with Gasteiger partial charge in [-0.1, -0.05) is 86.7 Å². The average molecular weight is 376 g/mol. The molecule has 0 bridgehead atoms. The van der Waals surface area contributed by atoms with Crippen molar-refractivity contribution in [3.63, 3.8) is 0 Å². The average Bonchev–Trinajstić information content (AvgIpc) is 3.07. The van der Waals surface area contributed by atoms with Crippen LogP contribution < -0.4 is 0 Å². The predicted octanol–water partition coefficient (Wildman–Crippen LogP) is 7.49. The fourth-order valence-corrected chi connectivity index (χ4v) is 5.04. The Balaban J connectivity index is 1.60. The first-order chi connectivity index (χ1) is 14.3. The summed E-state index contributed by atoms with van der Waals surface area (Å²) in [5.41, 5.74) is 9.39. The van der Waals surface area contributed by atoms with E-state index in [4.69, 9.17) is 0 Å². The number of fused-ring (bicyclic) bond motifs is 4. The van der Waals surface area contributed by atoms with Gasteiger partial charge in [-0.05, 0) is 58.4 Å². The second kappa shape index (κ2) is 7.00. The third-order valence-corrected chi connectivity index (χ3v) is 6.64. The first-order valence-electron chi connectivity index (χ1n) is 10.5. The first-order valence-corrected chi connectivity index (χ1v) is 10.5. The van der Waals surface area contributed by atoms with E-state index in [0.717, 1.165) is 18.4 Å². The Kier molecular flexibility index (Phi) is 4.32. The van der Waals surface area contributed by atoms with Crippen LogP contribution in [0.5, 0.6) is 0 Å². The number of aromatic nitrogens is 1. The highest BCUT2D eigenvalue weighted by molar-refractivity contribution is 5.91. The summed E-state index contributed by atoms with van der Waals surface area (Å²) in [5, 5.41) is 1.19. The van der Waals surface area contributed by atoms with Gasteiger partial charge in [-0.2, -0.15) is 0 Å². The normalized spacial score (nSPS) is 14.3. The van der Waals surface area contributed by atoms with Crippen molar-refractivity contribution in [3.8, 4) is 11.1 Å². The lowest BCUT2D eigenvalue weighted by Crippen LogP contribution is -2.23. The van der Waals surface area contributed by atoms with Crippen LogP contribution in [0.15, 0.2) is 79.0 Å². The molecule has 3 aromatic carbocycles. The van der Waals surface area contributed by atoms with Gasteiger partial charge in [-0.3, -0.25) is 4.98 Å². The predicted molar refractivity (Wildman–Crippen MR) is 124 cm³/mol. The highest BCUT2D eigenvalue weighted by Gasteiger charge is 2.40. The number of hydrogen-bond donors (Lipinski definition) is 0. The third-order valence-electron chi connectivity index (χ3n) is 6.64. The quantitative estimate of drug-likeness (QED) is 0.360. The largest absolute Gasteiger partial charge is 0.256 e. The van der Waals surface area contributed by atoms with Gasteiger partial charge in [0, 0.05) is 17.0 Å². The minimum Gasteiger partial charge on any atom is -0.256 e. The molecule has 0 fully saturated rings. The maximum absolute atomic E-state index is 4.47. The van der Waals surface area contributed by atoms with E-state index in [-0.39, 0.29) is 5.41 Å². The Morgan fingerprint density at radius 2 is 1.52 bits per heavy atom. The van der Waals surface area contributed by atoms with E-state index in [0.29, 0.717) is 0 Å². The van der Waals surface area contributed by atoms with Crippen LogP contribution in [0, 0.1) is 0 Å². The Morgan fingerprint density at radius 1 is 0.759 bits per heavy atom. The lowest BCUT2D eigenvalue weighted by atomic mass is 9.73. The van der Waals surface area contributed by atoms with Gasteiger partial charge in [-0.15, -0.1) is 0 Å². The topological polar surface area (TPSA) is 12.9 Å². The maximum atomic E-state index is 4.47. The van der Waals surface area contributed by atoms with Crippen molar-refractivity contribution in [2.45, 2.75) is 32.1 Å². The van der Waals surface area contributed by atoms with Crippen molar-refractivity contribution >= 4 is 23.1 Å². The van der Waals surface area contributed by atoms with E-state index in [9.17, 15) is 0 Å². The van der Waals surface area contributed by atoms with Gasteiger partial charge in [0.05, 0.1) is 5.52 Å². The van der Waals surface area contributed by atoms with Crippen molar-refractivity contribution in [3.05, 3.63) is 101 Å². The number of rotatable bonds is 4. The fourth-order valence-electron chi connectivity index (χ4n) is 5.04. The van der Waals surface area contributed by atoms with Gasteiger partial charge in [0.2, 0.25) is 0 Å². The maximum Gasteiger partial charge on any atom is 0.0707 e. The molecule has 0 saturated carbocycles. The minimum atomic E-state index is 0.124. The summed E-state index contributed by atoms with van der Waals surface area (Å²) in [6.45, 7) is 4.64. The Labute approximate surface area is 172 Å². The minimum absolute atomic E-state index is 0.124. The number of para-hydroxylation sites is 1. The molecule has 5 rings (SSSR count). The molecular weight excluding hydrogens is 350 g/mol. The summed E-state index contributed by atoms with van der Waals surface area (Å²) in [6.07, 6.45) is 8.58. The van der Waals surface area contributed by atoms with Crippen molar-refractivity contribution in [1.29, 1.82) is 0 Å². The summed E-state index contributed by atoms with van der Waals surface area (Å²) in [4.78, 5) is 4.47. The number of hydrogen-bond acceptors (Lipinski definition) is 1. The molecule has 1 heteroatoms. The molecule has 4 aromatic rings. The van der Waals surface area contributed by atoms with Gasteiger partial charge < -0.3 is 0 Å². The Bertz CT molecular complexity index is 1220. The zero-order chi connectivity index (χ0) is 19.8. The molecule has 1 aliphatic carbocycles. The lowest BCUT2D eigenvalue weighted by molar-refractivity contribution is 0.490. The molecule has 1 nitrogen and oxygen atoms in total. The summed E-state index contributed by atoms with van der Waals surface area (Å²) >= 11 is 0. The molecule has 0 aliphatic heterocycles. The number of pyridine rings is 1. The molecule has 0 saturated heterocycles. The zero-order valence-electron chi connectivity index (χ0n) is 17.0. The Hall–Kier alpha value is -3.19. The summed E-state index contributed by atoms with van der Waals surface area (Å²) < 4.78 is 0. The fraction of sp³-hybridized carbons (Fsp3) is 0.179. The molecule has 0 amide bonds. The highest BCUT2D eigenvalue weighted by atomic mass is 14.6. The molecule has 0 radical (unpaired) electrons. The molecule has 142 valence electrons. The molecule has 29 heavy (non-hydrogen) atoms. The monoisotopic (exact) mass is 375 g/mol. The van der Waals surface area contributed by atoms with E-state index >= 15 is 0 Å². The standard InChI is InChI=1S/C28H25N/c1-3-28(4-2)25-11-7-5-10-23(25)24-16-14-20(19-26(24)28)13-15-21-17-18-29-27-12-8-6-9-22(21)27/h5-19H,3-4H2,1-2H3/b15-13+. The molecule has 1 heterocycles. The van der Waals surface area contributed by atoms with Gasteiger partial charge in [0.15, 0.2) is 0 Å². The van der Waals surface area contributed by atoms with Gasteiger partial charge in [0.1, 0.15) is 0 Å². The van der Waals surface area contributed by atoms with Crippen LogP contribution in [-0.2, 0) is 5.41 Å². The van der Waals surface area contributed by atoms with Gasteiger partial charge >= 0.3 is 0 Å². The van der Waals surface area contributed by atoms with Crippen LogP contribution in [0.4, 0.5) is 0 Å². The number of nitrogens with zero attached hydrogens (tertiary/aromatic N) is 1. The smallest absolute Gasteiger partial charge is 0.0707 e. The van der Waals surface area contributed by atoms with Crippen LogP contribution in [0.3, 0.4) is 0 Å². The van der Waals surface area contributed by atoms with E-state index in [1.54, 1.807) is 0 Å². The number of benzene rings is 3. The van der Waals surface area contributed by atoms with Crippen molar-refractivity contribution in [1.82, 2.24) is 4.98 Å². The Morgan fingerprint density at radius 3 is 2.38 bits per heavy atom. The van der Waals surface area contributed by atoms with Crippen LogP contribution in [0.25, 0.3) is 34.2 Å². The van der Waals surface area contributed by atoms with E-state index < -0.39 is 0 Å². The lowest BCUT2D eigenvalue weighted by Gasteiger charge is -2.29. The molecule has 1 aromatic heterocycles. The van der Waals surface area contributed by atoms with E-state index in [1.165, 1.54) is 38.8 Å². The molecule has 0 N–H and O–H groups in total. The second-order valence-electron chi connectivity index (χ2n) is 7.89. The zero-order valence-corrected chi connectivity index (χ0v) is 17.0. The summed E-state index contributed by atoms with van der Waals surface area (Å²) in [5.74, 6) is 0. The molecule has 0 spiro atoms. The van der Waals surface area contributed by atoms with Crippen LogP contribution >= 0.6 is 0 Å². The molecule has 1 aliphatic rings. The first kappa shape index (κ1) is 17.9. The molecule has 0 unspecified atom stereocenters. The molecule has 0 atom stereocenters. The highest BCUT2D eigenvalue weighted by Crippen LogP contribution is 2.52. The SMILES string of the molecule is CCC1(CC)c2ccccc2-c2ccc(/C=C/c3ccnc4ccccc34)cc21. The van der Waals surface area contributed by atoms with Gasteiger partial charge in [0.25, 0.3) is 0 Å². The van der Waals surface area contributed by atoms with Crippen LogP contribution in [0.1, 0.15) is 48.9 Å². The molecular formula is C28H25N. The van der Waals surface area contributed by atoms with E-state index in [2.05, 4.69) is 97.7 Å².